The van der Waals surface area contributed by atoms with Gasteiger partial charge in [-0.15, -0.1) is 0 Å². The van der Waals surface area contributed by atoms with Gasteiger partial charge in [-0.2, -0.15) is 8.78 Å². The van der Waals surface area contributed by atoms with Gasteiger partial charge in [-0.05, 0) is 37.9 Å². The van der Waals surface area contributed by atoms with Crippen LogP contribution in [0.25, 0.3) is 11.0 Å². The summed E-state index contributed by atoms with van der Waals surface area (Å²) < 4.78 is 28.2. The zero-order valence-electron chi connectivity index (χ0n) is 15.7. The number of para-hydroxylation sites is 2. The lowest BCUT2D eigenvalue weighted by atomic mass is 10.1. The van der Waals surface area contributed by atoms with Crippen molar-refractivity contribution < 1.29 is 23.5 Å². The van der Waals surface area contributed by atoms with Crippen molar-refractivity contribution in [3.05, 3.63) is 30.1 Å². The van der Waals surface area contributed by atoms with Crippen LogP contribution in [0.15, 0.2) is 24.3 Å². The van der Waals surface area contributed by atoms with E-state index in [0.29, 0.717) is 42.8 Å². The highest BCUT2D eigenvalue weighted by atomic mass is 19.3. The zero-order chi connectivity index (χ0) is 20.3. The van der Waals surface area contributed by atoms with Gasteiger partial charge < -0.3 is 10.0 Å². The molecule has 28 heavy (non-hydrogen) atoms. The van der Waals surface area contributed by atoms with Crippen LogP contribution in [0.4, 0.5) is 8.78 Å². The summed E-state index contributed by atoms with van der Waals surface area (Å²) >= 11 is 0. The number of rotatable bonds is 6. The predicted molar refractivity (Wildman–Crippen MR) is 98.9 cm³/mol. The molecule has 0 bridgehead atoms. The maximum atomic E-state index is 13.6. The minimum Gasteiger partial charge on any atom is -0.480 e. The van der Waals surface area contributed by atoms with E-state index in [0.717, 1.165) is 11.0 Å². The zero-order valence-corrected chi connectivity index (χ0v) is 15.7. The Kier molecular flexibility index (Phi) is 6.23. The molecule has 1 aliphatic heterocycles. The van der Waals surface area contributed by atoms with Gasteiger partial charge in [0.1, 0.15) is 12.4 Å². The lowest BCUT2D eigenvalue weighted by molar-refractivity contribution is -0.145. The van der Waals surface area contributed by atoms with Crippen LogP contribution in [0.3, 0.4) is 0 Å². The van der Waals surface area contributed by atoms with Gasteiger partial charge in [0.15, 0.2) is 0 Å². The number of fused-ring (bicyclic) bond motifs is 1. The van der Waals surface area contributed by atoms with Crippen molar-refractivity contribution >= 4 is 22.9 Å². The lowest BCUT2D eigenvalue weighted by Crippen LogP contribution is -2.42. The Balaban J connectivity index is 1.73. The highest BCUT2D eigenvalue weighted by molar-refractivity contribution is 5.79. The molecule has 1 saturated heterocycles. The number of aromatic nitrogens is 2. The summed E-state index contributed by atoms with van der Waals surface area (Å²) in [6.07, 6.45) is 2.04. The lowest BCUT2D eigenvalue weighted by Gasteiger charge is -2.29. The summed E-state index contributed by atoms with van der Waals surface area (Å²) in [5, 5.41) is 9.05. The monoisotopic (exact) mass is 394 g/mol. The van der Waals surface area contributed by atoms with Crippen LogP contribution in [0.1, 0.15) is 38.6 Å². The Morgan fingerprint density at radius 1 is 1.29 bits per heavy atom. The van der Waals surface area contributed by atoms with Gasteiger partial charge in [0.25, 0.3) is 0 Å². The van der Waals surface area contributed by atoms with Crippen LogP contribution in [0, 0.1) is 0 Å². The summed E-state index contributed by atoms with van der Waals surface area (Å²) in [6, 6.07) is 6.67. The summed E-state index contributed by atoms with van der Waals surface area (Å²) in [7, 11) is 0. The molecule has 1 N–H and O–H groups in total. The number of benzene rings is 1. The normalized spacial score (nSPS) is 18.4. The second kappa shape index (κ2) is 8.64. The summed E-state index contributed by atoms with van der Waals surface area (Å²) in [4.78, 5) is 30.7. The van der Waals surface area contributed by atoms with Crippen LogP contribution >= 0.6 is 0 Å². The Morgan fingerprint density at radius 3 is 2.71 bits per heavy atom. The van der Waals surface area contributed by atoms with Crippen LogP contribution in [-0.4, -0.2) is 62.0 Å². The van der Waals surface area contributed by atoms with Crippen molar-refractivity contribution in [1.29, 1.82) is 0 Å². The first-order valence-electron chi connectivity index (χ1n) is 9.32. The second-order valence-electron chi connectivity index (χ2n) is 7.07. The fraction of sp³-hybridized carbons (Fsp3) is 0.526. The molecule has 152 valence electrons. The topological polar surface area (TPSA) is 78.7 Å². The molecule has 1 aromatic heterocycles. The molecule has 0 aliphatic carbocycles. The second-order valence-corrected chi connectivity index (χ2v) is 7.07. The summed E-state index contributed by atoms with van der Waals surface area (Å²) in [5.41, 5.74) is 0.944. The number of alkyl halides is 2. The van der Waals surface area contributed by atoms with Crippen LogP contribution in [0.5, 0.6) is 0 Å². The molecule has 1 fully saturated rings. The Bertz CT molecular complexity index is 855. The quantitative estimate of drug-likeness (QED) is 0.815. The maximum Gasteiger partial charge on any atom is 0.323 e. The smallest absolute Gasteiger partial charge is 0.323 e. The number of hydrogen-bond donors (Lipinski definition) is 1. The Morgan fingerprint density at radius 2 is 2.04 bits per heavy atom. The molecule has 1 unspecified atom stereocenters. The molecular formula is C19H24F2N4O3. The van der Waals surface area contributed by atoms with Crippen LogP contribution in [-0.2, 0) is 16.1 Å². The van der Waals surface area contributed by atoms with Gasteiger partial charge in [-0.25, -0.2) is 4.98 Å². The van der Waals surface area contributed by atoms with Gasteiger partial charge in [0.05, 0.1) is 17.6 Å². The largest absolute Gasteiger partial charge is 0.480 e. The van der Waals surface area contributed by atoms with Crippen molar-refractivity contribution in [2.45, 2.75) is 45.3 Å². The fourth-order valence-electron chi connectivity index (χ4n) is 3.87. The highest BCUT2D eigenvalue weighted by Crippen LogP contribution is 2.25. The number of carboxylic acid groups (broad SMARTS) is 1. The van der Waals surface area contributed by atoms with Crippen molar-refractivity contribution in [1.82, 2.24) is 19.4 Å². The van der Waals surface area contributed by atoms with E-state index in [2.05, 4.69) is 4.98 Å². The first-order valence-corrected chi connectivity index (χ1v) is 9.32. The number of nitrogens with zero attached hydrogens (tertiary/aromatic N) is 4. The summed E-state index contributed by atoms with van der Waals surface area (Å²) in [5.74, 6) is -0.995. The van der Waals surface area contributed by atoms with Gasteiger partial charge in [0, 0.05) is 19.5 Å². The minimum absolute atomic E-state index is 0.160. The van der Waals surface area contributed by atoms with Gasteiger partial charge in [-0.1, -0.05) is 12.1 Å². The van der Waals surface area contributed by atoms with Gasteiger partial charge in [0.2, 0.25) is 5.91 Å². The number of carbonyl (C=O) groups is 2. The number of aliphatic carboxylic acids is 1. The predicted octanol–water partition coefficient (Wildman–Crippen LogP) is 2.72. The molecule has 3 rings (SSSR count). The SMILES string of the molecule is CC(=O)N(CC(=O)O)C1CCCN(Cc2nc3ccccc3n2C(F)F)CC1. The van der Waals surface area contributed by atoms with E-state index >= 15 is 0 Å². The fourth-order valence-corrected chi connectivity index (χ4v) is 3.87. The average Bonchev–Trinajstić information content (AvgIpc) is 2.84. The van der Waals surface area contributed by atoms with E-state index in [1.807, 2.05) is 4.90 Å². The third-order valence-electron chi connectivity index (χ3n) is 5.17. The molecular weight excluding hydrogens is 370 g/mol. The first-order chi connectivity index (χ1) is 13.4. The number of likely N-dealkylation sites (tertiary alicyclic amines) is 1. The van der Waals surface area contributed by atoms with Crippen molar-refractivity contribution in [2.24, 2.45) is 0 Å². The first kappa shape index (κ1) is 20.2. The molecule has 0 spiro atoms. The Hall–Kier alpha value is -2.55. The third-order valence-corrected chi connectivity index (χ3v) is 5.17. The van der Waals surface area contributed by atoms with E-state index in [-0.39, 0.29) is 25.0 Å². The Labute approximate surface area is 161 Å². The number of hydrogen-bond acceptors (Lipinski definition) is 4. The van der Waals surface area contributed by atoms with Crippen LogP contribution < -0.4 is 0 Å². The molecule has 7 nitrogen and oxygen atoms in total. The third kappa shape index (κ3) is 4.46. The molecule has 1 amide bonds. The molecule has 2 heterocycles. The molecule has 0 saturated carbocycles. The average molecular weight is 394 g/mol. The standard InChI is InChI=1S/C19H24F2N4O3/c1-13(26)24(12-18(27)28)14-5-4-9-23(10-8-14)11-17-22-15-6-2-3-7-16(15)25(17)19(20)21/h2-3,6-7,14,19H,4-5,8-12H2,1H3,(H,27,28). The van der Waals surface area contributed by atoms with Crippen LogP contribution in [0.2, 0.25) is 0 Å². The van der Waals surface area contributed by atoms with Crippen molar-refractivity contribution in [3.63, 3.8) is 0 Å². The molecule has 1 atom stereocenters. The highest BCUT2D eigenvalue weighted by Gasteiger charge is 2.27. The van der Waals surface area contributed by atoms with E-state index in [1.165, 1.54) is 11.8 Å². The minimum atomic E-state index is -2.68. The van der Waals surface area contributed by atoms with Crippen molar-refractivity contribution in [2.75, 3.05) is 19.6 Å². The number of halogens is 2. The van der Waals surface area contributed by atoms with Crippen molar-refractivity contribution in [3.8, 4) is 0 Å². The number of imidazole rings is 1. The van der Waals surface area contributed by atoms with Gasteiger partial charge >= 0.3 is 12.5 Å². The number of amides is 1. The number of carbonyl (C=O) groups excluding carboxylic acids is 1. The molecule has 2 aromatic rings. The van der Waals surface area contributed by atoms with E-state index in [1.54, 1.807) is 24.3 Å². The molecule has 1 aromatic carbocycles. The van der Waals surface area contributed by atoms with E-state index < -0.39 is 12.5 Å². The molecule has 1 aliphatic rings. The summed E-state index contributed by atoms with van der Waals surface area (Å²) in [6.45, 7) is -0.0731. The van der Waals surface area contributed by atoms with E-state index in [4.69, 9.17) is 5.11 Å². The molecule has 0 radical (unpaired) electrons. The maximum absolute atomic E-state index is 13.6. The number of carboxylic acids is 1. The molecule has 9 heteroatoms. The van der Waals surface area contributed by atoms with Gasteiger partial charge in [-0.3, -0.25) is 19.1 Å². The van der Waals surface area contributed by atoms with E-state index in [9.17, 15) is 18.4 Å².